The lowest BCUT2D eigenvalue weighted by atomic mass is 10.2. The molecule has 5 heteroatoms. The third kappa shape index (κ3) is 2.87. The highest BCUT2D eigenvalue weighted by atomic mass is 32.1. The van der Waals surface area contributed by atoms with Gasteiger partial charge in [0.1, 0.15) is 5.75 Å². The van der Waals surface area contributed by atoms with E-state index in [1.807, 2.05) is 19.9 Å². The van der Waals surface area contributed by atoms with E-state index in [9.17, 15) is 9.90 Å². The Bertz CT molecular complexity index is 881. The van der Waals surface area contributed by atoms with Gasteiger partial charge in [-0.3, -0.25) is 9.36 Å². The van der Waals surface area contributed by atoms with E-state index in [1.165, 1.54) is 10.6 Å². The van der Waals surface area contributed by atoms with Crippen LogP contribution >= 0.6 is 12.2 Å². The molecule has 0 radical (unpaired) electrons. The minimum Gasteiger partial charge on any atom is -0.508 e. The van der Waals surface area contributed by atoms with E-state index < -0.39 is 0 Å². The maximum atomic E-state index is 12.5. The second kappa shape index (κ2) is 6.37. The van der Waals surface area contributed by atoms with Crippen molar-refractivity contribution in [1.29, 1.82) is 0 Å². The number of phenolic OH excluding ortho intramolecular Hbond substituents is 1. The molecule has 0 amide bonds. The molecule has 1 aromatic heterocycles. The molecule has 2 aromatic carbocycles. The van der Waals surface area contributed by atoms with Gasteiger partial charge in [0.25, 0.3) is 5.56 Å². The van der Waals surface area contributed by atoms with Crippen LogP contribution in [-0.4, -0.2) is 14.7 Å². The number of para-hydroxylation sites is 1. The molecule has 0 aliphatic rings. The first kappa shape index (κ1) is 15.0. The first-order valence-corrected chi connectivity index (χ1v) is 7.11. The van der Waals surface area contributed by atoms with Gasteiger partial charge in [-0.2, -0.15) is 0 Å². The van der Waals surface area contributed by atoms with Crippen molar-refractivity contribution in [1.82, 2.24) is 9.55 Å². The summed E-state index contributed by atoms with van der Waals surface area (Å²) in [6.07, 6.45) is 0. The zero-order valence-electron chi connectivity index (χ0n) is 11.8. The summed E-state index contributed by atoms with van der Waals surface area (Å²) in [6, 6.07) is 13.6. The van der Waals surface area contributed by atoms with Gasteiger partial charge in [-0.1, -0.05) is 32.0 Å². The second-order valence-corrected chi connectivity index (χ2v) is 4.52. The van der Waals surface area contributed by atoms with Crippen molar-refractivity contribution >= 4 is 23.1 Å². The number of nitrogens with one attached hydrogen (secondary N) is 1. The average Bonchev–Trinajstić information content (AvgIpc) is 2.49. The van der Waals surface area contributed by atoms with Crippen LogP contribution in [0.25, 0.3) is 16.6 Å². The molecule has 0 aliphatic carbocycles. The number of aromatic hydroxyl groups is 1. The summed E-state index contributed by atoms with van der Waals surface area (Å²) in [4.78, 5) is 15.5. The summed E-state index contributed by atoms with van der Waals surface area (Å²) >= 11 is 5.22. The molecule has 2 N–H and O–H groups in total. The molecular weight excluding hydrogens is 284 g/mol. The lowest BCUT2D eigenvalue weighted by Gasteiger charge is -2.08. The van der Waals surface area contributed by atoms with Crippen LogP contribution in [0.5, 0.6) is 5.75 Å². The van der Waals surface area contributed by atoms with Gasteiger partial charge in [-0.15, -0.1) is 0 Å². The molecule has 3 aromatic rings. The van der Waals surface area contributed by atoms with Crippen molar-refractivity contribution in [3.63, 3.8) is 0 Å². The van der Waals surface area contributed by atoms with E-state index in [4.69, 9.17) is 12.2 Å². The third-order valence-electron chi connectivity index (χ3n) is 2.89. The van der Waals surface area contributed by atoms with Gasteiger partial charge in [-0.25, -0.2) is 0 Å². The van der Waals surface area contributed by atoms with E-state index in [2.05, 4.69) is 4.98 Å². The number of aromatic amines is 1. The van der Waals surface area contributed by atoms with Crippen LogP contribution in [0.4, 0.5) is 0 Å². The van der Waals surface area contributed by atoms with Crippen LogP contribution in [0.2, 0.25) is 0 Å². The van der Waals surface area contributed by atoms with Crippen molar-refractivity contribution < 1.29 is 5.11 Å². The molecule has 21 heavy (non-hydrogen) atoms. The van der Waals surface area contributed by atoms with E-state index in [0.717, 1.165) is 0 Å². The summed E-state index contributed by atoms with van der Waals surface area (Å²) in [6.45, 7) is 4.00. The van der Waals surface area contributed by atoms with Crippen LogP contribution in [0, 0.1) is 4.77 Å². The Kier molecular flexibility index (Phi) is 4.55. The highest BCUT2D eigenvalue weighted by molar-refractivity contribution is 7.71. The molecule has 0 saturated carbocycles. The van der Waals surface area contributed by atoms with E-state index in [-0.39, 0.29) is 11.3 Å². The maximum absolute atomic E-state index is 12.5. The van der Waals surface area contributed by atoms with Gasteiger partial charge in [-0.05, 0) is 36.5 Å². The monoisotopic (exact) mass is 300 g/mol. The predicted molar refractivity (Wildman–Crippen MR) is 87.7 cm³/mol. The fourth-order valence-electron chi connectivity index (χ4n) is 2.03. The minimum absolute atomic E-state index is 0.0898. The first-order chi connectivity index (χ1) is 10.2. The highest BCUT2D eigenvalue weighted by Crippen LogP contribution is 2.15. The van der Waals surface area contributed by atoms with E-state index in [0.29, 0.717) is 21.4 Å². The zero-order valence-corrected chi connectivity index (χ0v) is 12.6. The number of hydrogen-bond acceptors (Lipinski definition) is 3. The Morgan fingerprint density at radius 2 is 1.81 bits per heavy atom. The van der Waals surface area contributed by atoms with Gasteiger partial charge in [0.05, 0.1) is 16.6 Å². The number of fused-ring (bicyclic) bond motifs is 1. The fourth-order valence-corrected chi connectivity index (χ4v) is 2.33. The van der Waals surface area contributed by atoms with E-state index in [1.54, 1.807) is 36.4 Å². The van der Waals surface area contributed by atoms with Gasteiger partial charge >= 0.3 is 0 Å². The molecule has 1 heterocycles. The summed E-state index contributed by atoms with van der Waals surface area (Å²) < 4.78 is 1.67. The number of hydrogen-bond donors (Lipinski definition) is 2. The number of phenols is 1. The van der Waals surface area contributed by atoms with Gasteiger partial charge in [0, 0.05) is 6.07 Å². The average molecular weight is 300 g/mol. The van der Waals surface area contributed by atoms with Gasteiger partial charge < -0.3 is 10.1 Å². The van der Waals surface area contributed by atoms with Crippen molar-refractivity contribution in [2.24, 2.45) is 0 Å². The first-order valence-electron chi connectivity index (χ1n) is 6.70. The number of aromatic nitrogens is 2. The molecule has 3 rings (SSSR count). The van der Waals surface area contributed by atoms with Crippen LogP contribution in [0.15, 0.2) is 53.3 Å². The van der Waals surface area contributed by atoms with Crippen molar-refractivity contribution in [3.8, 4) is 11.4 Å². The van der Waals surface area contributed by atoms with Crippen molar-refractivity contribution in [2.45, 2.75) is 13.8 Å². The maximum Gasteiger partial charge on any atom is 0.266 e. The standard InChI is InChI=1S/C14H10N2O2S.C2H6/c17-10-5-3-4-9(8-10)16-13(18)11-6-1-2-7-12(11)15-14(16)19;1-2/h1-8,17H,(H,15,19);1-2H3. The predicted octanol–water partition coefficient (Wildman–Crippen LogP) is 3.78. The Morgan fingerprint density at radius 1 is 1.10 bits per heavy atom. The number of rotatable bonds is 1. The largest absolute Gasteiger partial charge is 0.508 e. The fraction of sp³-hybridized carbons (Fsp3) is 0.125. The Morgan fingerprint density at radius 3 is 2.52 bits per heavy atom. The van der Waals surface area contributed by atoms with E-state index >= 15 is 0 Å². The van der Waals surface area contributed by atoms with Crippen LogP contribution < -0.4 is 5.56 Å². The van der Waals surface area contributed by atoms with Crippen molar-refractivity contribution in [2.75, 3.05) is 0 Å². The highest BCUT2D eigenvalue weighted by Gasteiger charge is 2.07. The lowest BCUT2D eigenvalue weighted by Crippen LogP contribution is -2.20. The van der Waals surface area contributed by atoms with Crippen molar-refractivity contribution in [3.05, 3.63) is 63.7 Å². The molecule has 0 bridgehead atoms. The quantitative estimate of drug-likeness (QED) is 0.672. The number of benzene rings is 2. The third-order valence-corrected chi connectivity index (χ3v) is 3.18. The topological polar surface area (TPSA) is 58.0 Å². The summed E-state index contributed by atoms with van der Waals surface area (Å²) in [5.74, 6) is 0.0898. The molecule has 0 saturated heterocycles. The molecule has 4 nitrogen and oxygen atoms in total. The van der Waals surface area contributed by atoms with Gasteiger partial charge in [0.15, 0.2) is 4.77 Å². The van der Waals surface area contributed by atoms with Crippen LogP contribution in [0.3, 0.4) is 0 Å². The second-order valence-electron chi connectivity index (χ2n) is 4.14. The van der Waals surface area contributed by atoms with Crippen LogP contribution in [-0.2, 0) is 0 Å². The number of nitrogens with zero attached hydrogens (tertiary/aromatic N) is 1. The molecule has 0 fully saturated rings. The smallest absolute Gasteiger partial charge is 0.266 e. The molecule has 108 valence electrons. The molecule has 0 spiro atoms. The summed E-state index contributed by atoms with van der Waals surface area (Å²) in [7, 11) is 0. The Balaban J connectivity index is 0.000000774. The molecule has 0 aliphatic heterocycles. The molecule has 0 unspecified atom stereocenters. The minimum atomic E-state index is -0.204. The zero-order chi connectivity index (χ0) is 15.4. The summed E-state index contributed by atoms with van der Waals surface area (Å²) in [5, 5.41) is 10.1. The molecular formula is C16H16N2O2S. The molecule has 0 atom stereocenters. The Hall–Kier alpha value is -2.40. The lowest BCUT2D eigenvalue weighted by molar-refractivity contribution is 0.475. The number of H-pyrrole nitrogens is 1. The summed E-state index contributed by atoms with van der Waals surface area (Å²) in [5.41, 5.74) is 1.04. The normalized spacial score (nSPS) is 10.0. The Labute approximate surface area is 127 Å². The van der Waals surface area contributed by atoms with Gasteiger partial charge in [0.2, 0.25) is 0 Å². The van der Waals surface area contributed by atoms with Crippen LogP contribution in [0.1, 0.15) is 13.8 Å². The SMILES string of the molecule is CC.O=c1c2ccccc2[nH]c(=S)n1-c1cccc(O)c1.